The molecule has 0 aromatic carbocycles. The number of carbonyl (C=O) groups is 4. The maximum atomic E-state index is 13.0. The zero-order valence-corrected chi connectivity index (χ0v) is 57.0. The van der Waals surface area contributed by atoms with Crippen molar-refractivity contribution in [1.29, 1.82) is 0 Å². The van der Waals surface area contributed by atoms with Crippen LogP contribution in [0, 0.1) is 17.8 Å². The molecule has 0 saturated carbocycles. The van der Waals surface area contributed by atoms with Crippen molar-refractivity contribution in [1.82, 2.24) is 0 Å². The molecule has 0 aliphatic rings. The lowest BCUT2D eigenvalue weighted by atomic mass is 10.00. The number of ether oxygens (including phenoxy) is 4. The summed E-state index contributed by atoms with van der Waals surface area (Å²) in [7, 11) is -9.90. The lowest BCUT2D eigenvalue weighted by Gasteiger charge is -2.21. The predicted octanol–water partition coefficient (Wildman–Crippen LogP) is 18.2. The summed E-state index contributed by atoms with van der Waals surface area (Å²) < 4.78 is 68.0. The topological polar surface area (TPSA) is 237 Å². The molecule has 0 aromatic heterocycles. The molecule has 17 nitrogen and oxygen atoms in total. The third-order valence-electron chi connectivity index (χ3n) is 15.1. The van der Waals surface area contributed by atoms with Crippen LogP contribution in [-0.2, 0) is 65.4 Å². The highest BCUT2D eigenvalue weighted by Crippen LogP contribution is 2.45. The number of allylic oxidation sites excluding steroid dienone is 4. The van der Waals surface area contributed by atoms with E-state index in [2.05, 4.69) is 72.8 Å². The number of aliphatic hydroxyl groups excluding tert-OH is 1. The SMILES string of the molecule is CCCCCC/C=C\C=C/CCCCCCCC(=O)OC[C@H](COP(=O)(O)OC[C@@H](O)COP(=O)(O)OC[C@@H](COC(=O)CCCCCCCCC(C)CC)OC(=O)CCCCCCCCC(C)C)OC(=O)CCCCCCCCCCCC(C)C. The number of hydrogen-bond donors (Lipinski definition) is 3. The summed E-state index contributed by atoms with van der Waals surface area (Å²) in [5, 5.41) is 10.5. The Labute approximate surface area is 522 Å². The van der Waals surface area contributed by atoms with Gasteiger partial charge in [0, 0.05) is 25.7 Å². The standard InChI is InChI=1S/C67H126O17P2/c1-8-10-11-12-13-14-15-16-17-18-19-22-25-34-41-48-64(69)77-54-62(83-66(71)50-43-36-26-23-20-21-24-31-38-45-58(3)4)56-81-85(73,74)79-52-61(68)53-80-86(75,76)82-57-63(84-67(72)51-44-37-29-27-32-39-46-59(5)6)55-78-65(70)49-42-35-30-28-33-40-47-60(7)9-2/h14-17,58-63,68H,8-13,18-57H2,1-7H3,(H,73,74)(H,75,76)/b15-14-,17-16-/t60?,61-,62-,63-/m1/s1. The van der Waals surface area contributed by atoms with Crippen molar-refractivity contribution in [3.63, 3.8) is 0 Å². The Kier molecular flexibility index (Phi) is 56.0. The Hall–Kier alpha value is -2.46. The Balaban J connectivity index is 5.27. The Morgan fingerprint density at radius 1 is 0.384 bits per heavy atom. The van der Waals surface area contributed by atoms with Gasteiger partial charge in [0.25, 0.3) is 0 Å². The zero-order valence-electron chi connectivity index (χ0n) is 55.3. The van der Waals surface area contributed by atoms with Crippen molar-refractivity contribution >= 4 is 39.5 Å². The van der Waals surface area contributed by atoms with E-state index in [0.29, 0.717) is 31.6 Å². The van der Waals surface area contributed by atoms with Gasteiger partial charge in [-0.05, 0) is 69.1 Å². The molecule has 0 aliphatic heterocycles. The highest BCUT2D eigenvalue weighted by Gasteiger charge is 2.30. The van der Waals surface area contributed by atoms with Gasteiger partial charge in [-0.15, -0.1) is 0 Å². The molecule has 0 amide bonds. The number of aliphatic hydroxyl groups is 1. The van der Waals surface area contributed by atoms with E-state index in [9.17, 15) is 43.2 Å². The van der Waals surface area contributed by atoms with E-state index in [1.165, 1.54) is 89.9 Å². The van der Waals surface area contributed by atoms with Crippen molar-refractivity contribution in [2.45, 2.75) is 324 Å². The van der Waals surface area contributed by atoms with Gasteiger partial charge in [0.15, 0.2) is 12.2 Å². The third kappa shape index (κ3) is 59.2. The number of carbonyl (C=O) groups excluding carboxylic acids is 4. The molecule has 6 atom stereocenters. The van der Waals surface area contributed by atoms with Crippen molar-refractivity contribution in [3.8, 4) is 0 Å². The molecule has 0 aromatic rings. The Morgan fingerprint density at radius 3 is 1.03 bits per heavy atom. The first-order valence-corrected chi connectivity index (χ1v) is 37.2. The monoisotopic (exact) mass is 1260 g/mol. The number of unbranched alkanes of at least 4 members (excludes halogenated alkanes) is 27. The summed E-state index contributed by atoms with van der Waals surface area (Å²) >= 11 is 0. The molecule has 0 heterocycles. The van der Waals surface area contributed by atoms with Crippen LogP contribution in [0.2, 0.25) is 0 Å². The van der Waals surface area contributed by atoms with E-state index in [4.69, 9.17) is 37.0 Å². The van der Waals surface area contributed by atoms with Crippen LogP contribution in [0.4, 0.5) is 0 Å². The molecule has 506 valence electrons. The van der Waals surface area contributed by atoms with Gasteiger partial charge in [-0.1, -0.05) is 253 Å². The number of hydrogen-bond acceptors (Lipinski definition) is 15. The van der Waals surface area contributed by atoms with Crippen molar-refractivity contribution < 1.29 is 80.2 Å². The fourth-order valence-corrected chi connectivity index (χ4v) is 11.0. The minimum atomic E-state index is -4.96. The molecule has 0 radical (unpaired) electrons. The lowest BCUT2D eigenvalue weighted by Crippen LogP contribution is -2.30. The van der Waals surface area contributed by atoms with E-state index in [1.54, 1.807) is 0 Å². The summed E-state index contributed by atoms with van der Waals surface area (Å²) in [4.78, 5) is 72.3. The Bertz CT molecular complexity index is 1790. The molecule has 0 bridgehead atoms. The second-order valence-corrected chi connectivity index (χ2v) is 27.6. The minimum absolute atomic E-state index is 0.0976. The smallest absolute Gasteiger partial charge is 0.462 e. The normalized spacial score (nSPS) is 14.8. The number of esters is 4. The van der Waals surface area contributed by atoms with E-state index in [1.807, 2.05) is 0 Å². The minimum Gasteiger partial charge on any atom is -0.462 e. The largest absolute Gasteiger partial charge is 0.472 e. The average molecular weight is 1270 g/mol. The molecule has 3 N–H and O–H groups in total. The van der Waals surface area contributed by atoms with Gasteiger partial charge in [0.1, 0.15) is 19.3 Å². The summed E-state index contributed by atoms with van der Waals surface area (Å²) in [5.74, 6) is -0.0375. The zero-order chi connectivity index (χ0) is 63.8. The predicted molar refractivity (Wildman–Crippen MR) is 344 cm³/mol. The molecular formula is C67H126O17P2. The highest BCUT2D eigenvalue weighted by molar-refractivity contribution is 7.47. The second-order valence-electron chi connectivity index (χ2n) is 24.7. The quantitative estimate of drug-likeness (QED) is 0.0169. The van der Waals surface area contributed by atoms with Crippen LogP contribution in [-0.4, -0.2) is 96.7 Å². The van der Waals surface area contributed by atoms with Crippen LogP contribution in [0.15, 0.2) is 24.3 Å². The van der Waals surface area contributed by atoms with E-state index < -0.39 is 97.5 Å². The molecular weight excluding hydrogens is 1140 g/mol. The summed E-state index contributed by atoms with van der Waals surface area (Å²) in [6.45, 7) is 11.6. The second kappa shape index (κ2) is 57.7. The van der Waals surface area contributed by atoms with Crippen LogP contribution in [0.5, 0.6) is 0 Å². The number of rotatable bonds is 63. The van der Waals surface area contributed by atoms with Crippen LogP contribution in [0.1, 0.15) is 305 Å². The molecule has 0 saturated heterocycles. The van der Waals surface area contributed by atoms with Gasteiger partial charge in [-0.2, -0.15) is 0 Å². The van der Waals surface area contributed by atoms with E-state index >= 15 is 0 Å². The molecule has 19 heteroatoms. The van der Waals surface area contributed by atoms with E-state index in [-0.39, 0.29) is 25.7 Å². The molecule has 86 heavy (non-hydrogen) atoms. The van der Waals surface area contributed by atoms with Crippen LogP contribution in [0.25, 0.3) is 0 Å². The fraction of sp³-hybridized carbons (Fsp3) is 0.881. The molecule has 0 spiro atoms. The van der Waals surface area contributed by atoms with Crippen molar-refractivity contribution in [3.05, 3.63) is 24.3 Å². The van der Waals surface area contributed by atoms with Crippen molar-refractivity contribution in [2.75, 3.05) is 39.6 Å². The van der Waals surface area contributed by atoms with Gasteiger partial charge in [-0.3, -0.25) is 37.3 Å². The van der Waals surface area contributed by atoms with Crippen molar-refractivity contribution in [2.24, 2.45) is 17.8 Å². The highest BCUT2D eigenvalue weighted by atomic mass is 31.2. The molecule has 0 rings (SSSR count). The fourth-order valence-electron chi connectivity index (χ4n) is 9.44. The van der Waals surface area contributed by atoms with Gasteiger partial charge in [-0.25, -0.2) is 9.13 Å². The van der Waals surface area contributed by atoms with Gasteiger partial charge >= 0.3 is 39.5 Å². The molecule has 3 unspecified atom stereocenters. The molecule has 0 fully saturated rings. The number of phosphoric acid groups is 2. The lowest BCUT2D eigenvalue weighted by molar-refractivity contribution is -0.161. The maximum Gasteiger partial charge on any atom is 0.472 e. The first kappa shape index (κ1) is 83.5. The number of phosphoric ester groups is 2. The summed E-state index contributed by atoms with van der Waals surface area (Å²) in [6.07, 6.45) is 42.8. The van der Waals surface area contributed by atoms with Crippen LogP contribution >= 0.6 is 15.6 Å². The summed E-state index contributed by atoms with van der Waals surface area (Å²) in [5.41, 5.74) is 0. The van der Waals surface area contributed by atoms with Crippen LogP contribution in [0.3, 0.4) is 0 Å². The van der Waals surface area contributed by atoms with Crippen LogP contribution < -0.4 is 0 Å². The van der Waals surface area contributed by atoms with Gasteiger partial charge < -0.3 is 33.8 Å². The Morgan fingerprint density at radius 2 is 0.686 bits per heavy atom. The molecule has 0 aliphatic carbocycles. The van der Waals surface area contributed by atoms with E-state index in [0.717, 1.165) is 127 Å². The average Bonchev–Trinajstić information content (AvgIpc) is 3.47. The first-order chi connectivity index (χ1) is 41.3. The maximum absolute atomic E-state index is 13.0. The first-order valence-electron chi connectivity index (χ1n) is 34.2. The van der Waals surface area contributed by atoms with Gasteiger partial charge in [0.05, 0.1) is 26.4 Å². The third-order valence-corrected chi connectivity index (χ3v) is 17.0. The van der Waals surface area contributed by atoms with Gasteiger partial charge in [0.2, 0.25) is 0 Å². The summed E-state index contributed by atoms with van der Waals surface area (Å²) in [6, 6.07) is 0.